The van der Waals surface area contributed by atoms with E-state index < -0.39 is 0 Å². The van der Waals surface area contributed by atoms with E-state index in [0.717, 1.165) is 11.1 Å². The normalized spacial score (nSPS) is 10.7. The number of nitriles is 1. The zero-order valence-corrected chi connectivity index (χ0v) is 19.8. The highest BCUT2D eigenvalue weighted by molar-refractivity contribution is 7.13. The molecule has 176 valence electrons. The van der Waals surface area contributed by atoms with Crippen LogP contribution in [0, 0.1) is 17.1 Å². The zero-order valence-electron chi connectivity index (χ0n) is 18.9. The van der Waals surface area contributed by atoms with E-state index in [-0.39, 0.29) is 16.7 Å². The van der Waals surface area contributed by atoms with Crippen LogP contribution in [0.4, 0.5) is 10.1 Å². The molecule has 0 bridgehead atoms. The second-order valence-corrected chi connectivity index (χ2v) is 8.83. The molecule has 0 radical (unpaired) electrons. The van der Waals surface area contributed by atoms with Crippen LogP contribution in [0.25, 0.3) is 0 Å². The maximum absolute atomic E-state index is 13.7. The third-order valence-electron chi connectivity index (χ3n) is 5.15. The number of rotatable bonds is 9. The molecule has 0 saturated heterocycles. The van der Waals surface area contributed by atoms with E-state index in [1.165, 1.54) is 23.5 Å². The lowest BCUT2D eigenvalue weighted by atomic mass is 10.1. The van der Waals surface area contributed by atoms with Crippen LogP contribution in [0.15, 0.2) is 72.8 Å². The molecule has 0 aliphatic rings. The lowest BCUT2D eigenvalue weighted by molar-refractivity contribution is 0.102. The topological polar surface area (TPSA) is 91.1 Å². The van der Waals surface area contributed by atoms with Crippen LogP contribution in [-0.4, -0.2) is 28.1 Å². The van der Waals surface area contributed by atoms with Crippen molar-refractivity contribution in [3.05, 3.63) is 105 Å². The highest BCUT2D eigenvalue weighted by Gasteiger charge is 2.16. The van der Waals surface area contributed by atoms with Gasteiger partial charge in [0.2, 0.25) is 5.01 Å². The summed E-state index contributed by atoms with van der Waals surface area (Å²) in [5, 5.41) is 21.0. The van der Waals surface area contributed by atoms with E-state index in [1.807, 2.05) is 18.2 Å². The number of benzene rings is 3. The van der Waals surface area contributed by atoms with Gasteiger partial charge in [-0.3, -0.25) is 9.69 Å². The Morgan fingerprint density at radius 2 is 1.77 bits per heavy atom. The Balaban J connectivity index is 1.47. The summed E-state index contributed by atoms with van der Waals surface area (Å²) in [7, 11) is 1.58. The van der Waals surface area contributed by atoms with Crippen molar-refractivity contribution in [2.24, 2.45) is 0 Å². The van der Waals surface area contributed by atoms with E-state index >= 15 is 0 Å². The first-order valence-electron chi connectivity index (χ1n) is 10.8. The van der Waals surface area contributed by atoms with Gasteiger partial charge in [0.25, 0.3) is 5.91 Å². The lowest BCUT2D eigenvalue weighted by Gasteiger charge is -2.21. The van der Waals surface area contributed by atoms with E-state index in [2.05, 4.69) is 26.5 Å². The summed E-state index contributed by atoms with van der Waals surface area (Å²) in [6.45, 7) is 1.45. The van der Waals surface area contributed by atoms with Crippen molar-refractivity contribution in [3.8, 4) is 11.8 Å². The molecule has 1 aromatic heterocycles. The minimum Gasteiger partial charge on any atom is -0.497 e. The van der Waals surface area contributed by atoms with Crippen LogP contribution in [0.3, 0.4) is 0 Å². The molecular formula is C26H22FN5O2S. The maximum Gasteiger partial charge on any atom is 0.286 e. The van der Waals surface area contributed by atoms with Gasteiger partial charge in [-0.05, 0) is 59.7 Å². The number of amides is 1. The van der Waals surface area contributed by atoms with E-state index in [1.54, 1.807) is 49.6 Å². The Morgan fingerprint density at radius 1 is 1.03 bits per heavy atom. The standard InChI is InChI=1S/C26H22FN5O2S/c1-34-23-11-9-22(10-12-23)29-25(33)26-31-30-24(35-26)17-32(16-20-3-2-4-21(27)13-20)15-19-7-5-18(14-28)6-8-19/h2-13H,15-17H2,1H3,(H,29,33). The predicted molar refractivity (Wildman–Crippen MR) is 131 cm³/mol. The fourth-order valence-corrected chi connectivity index (χ4v) is 4.24. The molecule has 0 spiro atoms. The van der Waals surface area contributed by atoms with Crippen LogP contribution >= 0.6 is 11.3 Å². The molecular weight excluding hydrogens is 465 g/mol. The molecule has 1 N–H and O–H groups in total. The highest BCUT2D eigenvalue weighted by atomic mass is 32.1. The van der Waals surface area contributed by atoms with Gasteiger partial charge in [-0.25, -0.2) is 4.39 Å². The number of carbonyl (C=O) groups excluding carboxylic acids is 1. The van der Waals surface area contributed by atoms with Gasteiger partial charge in [-0.1, -0.05) is 35.6 Å². The first kappa shape index (κ1) is 24.0. The minimum absolute atomic E-state index is 0.250. The monoisotopic (exact) mass is 487 g/mol. The molecule has 3 aromatic carbocycles. The second kappa shape index (κ2) is 11.3. The molecule has 35 heavy (non-hydrogen) atoms. The molecule has 0 saturated carbocycles. The molecule has 0 atom stereocenters. The van der Waals surface area contributed by atoms with Gasteiger partial charge in [0, 0.05) is 18.8 Å². The van der Waals surface area contributed by atoms with Crippen molar-refractivity contribution < 1.29 is 13.9 Å². The number of aromatic nitrogens is 2. The summed E-state index contributed by atoms with van der Waals surface area (Å²) >= 11 is 1.21. The van der Waals surface area contributed by atoms with Gasteiger partial charge in [-0.15, -0.1) is 10.2 Å². The number of nitrogens with zero attached hydrogens (tertiary/aromatic N) is 4. The van der Waals surface area contributed by atoms with Crippen molar-refractivity contribution in [1.29, 1.82) is 5.26 Å². The van der Waals surface area contributed by atoms with Crippen LogP contribution < -0.4 is 10.1 Å². The Hall–Kier alpha value is -4.13. The van der Waals surface area contributed by atoms with Gasteiger partial charge in [-0.2, -0.15) is 5.26 Å². The molecule has 1 heterocycles. The average Bonchev–Trinajstić information content (AvgIpc) is 3.33. The largest absolute Gasteiger partial charge is 0.497 e. The number of ether oxygens (including phenoxy) is 1. The summed E-state index contributed by atoms with van der Waals surface area (Å²) in [5.74, 6) is 0.0544. The smallest absolute Gasteiger partial charge is 0.286 e. The van der Waals surface area contributed by atoms with Crippen LogP contribution in [-0.2, 0) is 19.6 Å². The molecule has 4 rings (SSSR count). The first-order valence-corrected chi connectivity index (χ1v) is 11.6. The Kier molecular flexibility index (Phi) is 7.77. The van der Waals surface area contributed by atoms with E-state index in [0.29, 0.717) is 41.6 Å². The molecule has 0 aliphatic carbocycles. The van der Waals surface area contributed by atoms with E-state index in [9.17, 15) is 9.18 Å². The molecule has 4 aromatic rings. The number of carbonyl (C=O) groups is 1. The van der Waals surface area contributed by atoms with Crippen LogP contribution in [0.2, 0.25) is 0 Å². The Morgan fingerprint density at radius 3 is 2.46 bits per heavy atom. The molecule has 0 fully saturated rings. The van der Waals surface area contributed by atoms with E-state index in [4.69, 9.17) is 10.00 Å². The third-order valence-corrected chi connectivity index (χ3v) is 6.06. The van der Waals surface area contributed by atoms with Gasteiger partial charge in [0.05, 0.1) is 25.3 Å². The van der Waals surface area contributed by atoms with Crippen molar-refractivity contribution in [3.63, 3.8) is 0 Å². The van der Waals surface area contributed by atoms with Gasteiger partial charge >= 0.3 is 0 Å². The Labute approximate surface area is 206 Å². The van der Waals surface area contributed by atoms with Crippen molar-refractivity contribution in [2.75, 3.05) is 12.4 Å². The summed E-state index contributed by atoms with van der Waals surface area (Å²) in [6.07, 6.45) is 0. The SMILES string of the molecule is COc1ccc(NC(=O)c2nnc(CN(Cc3ccc(C#N)cc3)Cc3cccc(F)c3)s2)cc1. The quantitative estimate of drug-likeness (QED) is 0.357. The number of anilines is 1. The van der Waals surface area contributed by atoms with Crippen LogP contribution in [0.5, 0.6) is 5.75 Å². The van der Waals surface area contributed by atoms with Crippen molar-refractivity contribution in [2.45, 2.75) is 19.6 Å². The summed E-state index contributed by atoms with van der Waals surface area (Å²) in [6, 6.07) is 22.9. The maximum atomic E-state index is 13.7. The number of hydrogen-bond donors (Lipinski definition) is 1. The molecule has 9 heteroatoms. The predicted octanol–water partition coefficient (Wildman–Crippen LogP) is 5.01. The molecule has 7 nitrogen and oxygen atoms in total. The average molecular weight is 488 g/mol. The fourth-order valence-electron chi connectivity index (χ4n) is 3.46. The minimum atomic E-state index is -0.345. The van der Waals surface area contributed by atoms with Gasteiger partial charge in [0.1, 0.15) is 16.6 Å². The first-order chi connectivity index (χ1) is 17.0. The number of nitrogens with one attached hydrogen (secondary N) is 1. The number of methoxy groups -OCH3 is 1. The van der Waals surface area contributed by atoms with Gasteiger partial charge < -0.3 is 10.1 Å². The number of halogens is 1. The molecule has 0 unspecified atom stereocenters. The van der Waals surface area contributed by atoms with Crippen molar-refractivity contribution in [1.82, 2.24) is 15.1 Å². The third kappa shape index (κ3) is 6.69. The fraction of sp³-hybridized carbons (Fsp3) is 0.154. The lowest BCUT2D eigenvalue weighted by Crippen LogP contribution is -2.22. The van der Waals surface area contributed by atoms with Crippen molar-refractivity contribution >= 4 is 22.9 Å². The summed E-state index contributed by atoms with van der Waals surface area (Å²) in [4.78, 5) is 14.7. The Bertz CT molecular complexity index is 1330. The number of hydrogen-bond acceptors (Lipinski definition) is 7. The zero-order chi connectivity index (χ0) is 24.6. The molecule has 1 amide bonds. The molecule has 0 aliphatic heterocycles. The summed E-state index contributed by atoms with van der Waals surface area (Å²) in [5.41, 5.74) is 3.03. The summed E-state index contributed by atoms with van der Waals surface area (Å²) < 4.78 is 18.9. The second-order valence-electron chi connectivity index (χ2n) is 7.77. The van der Waals surface area contributed by atoms with Gasteiger partial charge in [0.15, 0.2) is 0 Å². The van der Waals surface area contributed by atoms with Crippen LogP contribution in [0.1, 0.15) is 31.5 Å². The highest BCUT2D eigenvalue weighted by Crippen LogP contribution is 2.20.